The van der Waals surface area contributed by atoms with E-state index in [0.717, 1.165) is 6.42 Å². The van der Waals surface area contributed by atoms with Crippen LogP contribution in [0.4, 0.5) is 10.1 Å². The summed E-state index contributed by atoms with van der Waals surface area (Å²) in [5.41, 5.74) is 0.359. The number of fused-ring (bicyclic) bond motifs is 5. The second-order valence-electron chi connectivity index (χ2n) is 8.01. The van der Waals surface area contributed by atoms with Gasteiger partial charge in [-0.25, -0.2) is 9.38 Å². The van der Waals surface area contributed by atoms with E-state index in [4.69, 9.17) is 0 Å². The van der Waals surface area contributed by atoms with Crippen LogP contribution in [0.1, 0.15) is 13.3 Å². The van der Waals surface area contributed by atoms with E-state index in [9.17, 15) is 18.8 Å². The standard InChI is InChI=1S/C22H26FN5O3/c1-2-24-22(26-12-17(29)27-16-5-3-4-15(23)11-16)25-8-9-28-20(30)18-13-6-7-14(10-13)19(18)21(28)31/h3-7,11,13-14,18-19H,2,8-10,12H2,1H3,(H,27,29)(H2,24,25,26). The lowest BCUT2D eigenvalue weighted by Gasteiger charge is -2.18. The number of hydrogen-bond acceptors (Lipinski definition) is 4. The molecular formula is C22H26FN5O3. The highest BCUT2D eigenvalue weighted by Gasteiger charge is 2.58. The Balaban J connectivity index is 1.28. The Bertz CT molecular complexity index is 917. The van der Waals surface area contributed by atoms with Gasteiger partial charge in [0.25, 0.3) is 0 Å². The lowest BCUT2D eigenvalue weighted by atomic mass is 9.85. The number of benzene rings is 1. The van der Waals surface area contributed by atoms with E-state index in [1.807, 2.05) is 6.92 Å². The molecule has 2 bridgehead atoms. The van der Waals surface area contributed by atoms with E-state index in [0.29, 0.717) is 24.7 Å². The Morgan fingerprint density at radius 1 is 1.16 bits per heavy atom. The average molecular weight is 427 g/mol. The molecule has 164 valence electrons. The molecule has 2 aliphatic carbocycles. The Labute approximate surface area is 180 Å². The predicted molar refractivity (Wildman–Crippen MR) is 113 cm³/mol. The minimum atomic E-state index is -0.435. The number of halogens is 1. The molecule has 9 heteroatoms. The number of rotatable bonds is 7. The van der Waals surface area contributed by atoms with Crippen LogP contribution in [0.25, 0.3) is 0 Å². The maximum absolute atomic E-state index is 13.2. The molecule has 1 aromatic carbocycles. The number of amides is 3. The molecule has 1 saturated carbocycles. The normalized spacial score (nSPS) is 26.4. The number of carbonyl (C=O) groups excluding carboxylic acids is 3. The van der Waals surface area contributed by atoms with E-state index in [1.54, 1.807) is 6.07 Å². The molecule has 0 aromatic heterocycles. The summed E-state index contributed by atoms with van der Waals surface area (Å²) in [6.45, 7) is 2.90. The lowest BCUT2D eigenvalue weighted by molar-refractivity contribution is -0.140. The first-order valence-electron chi connectivity index (χ1n) is 10.6. The summed E-state index contributed by atoms with van der Waals surface area (Å²) in [7, 11) is 0. The van der Waals surface area contributed by atoms with Gasteiger partial charge in [-0.05, 0) is 43.4 Å². The summed E-state index contributed by atoms with van der Waals surface area (Å²) in [4.78, 5) is 43.1. The third kappa shape index (κ3) is 4.30. The predicted octanol–water partition coefficient (Wildman–Crippen LogP) is 1.13. The number of likely N-dealkylation sites (tertiary alicyclic amines) is 1. The molecule has 3 N–H and O–H groups in total. The number of nitrogens with one attached hydrogen (secondary N) is 3. The molecule has 4 rings (SSSR count). The van der Waals surface area contributed by atoms with Crippen molar-refractivity contribution in [2.75, 3.05) is 31.5 Å². The molecule has 3 amide bonds. The highest BCUT2D eigenvalue weighted by atomic mass is 19.1. The van der Waals surface area contributed by atoms with Crippen LogP contribution >= 0.6 is 0 Å². The van der Waals surface area contributed by atoms with Crippen molar-refractivity contribution in [2.45, 2.75) is 13.3 Å². The smallest absolute Gasteiger partial charge is 0.246 e. The molecule has 0 radical (unpaired) electrons. The molecule has 31 heavy (non-hydrogen) atoms. The number of carbonyl (C=O) groups is 3. The monoisotopic (exact) mass is 427 g/mol. The van der Waals surface area contributed by atoms with Crippen molar-refractivity contribution in [2.24, 2.45) is 28.7 Å². The Kier molecular flexibility index (Phi) is 6.01. The summed E-state index contributed by atoms with van der Waals surface area (Å²) in [5.74, 6) is -0.585. The van der Waals surface area contributed by atoms with Gasteiger partial charge in [0.15, 0.2) is 5.96 Å². The van der Waals surface area contributed by atoms with Gasteiger partial charge in [-0.15, -0.1) is 0 Å². The number of imide groups is 1. The van der Waals surface area contributed by atoms with Gasteiger partial charge in [-0.3, -0.25) is 19.3 Å². The Hall–Kier alpha value is -3.23. The first kappa shape index (κ1) is 21.0. The van der Waals surface area contributed by atoms with Gasteiger partial charge >= 0.3 is 0 Å². The van der Waals surface area contributed by atoms with E-state index in [1.165, 1.54) is 23.1 Å². The third-order valence-corrected chi connectivity index (χ3v) is 6.02. The first-order valence-corrected chi connectivity index (χ1v) is 10.6. The van der Waals surface area contributed by atoms with Crippen LogP contribution in [0.15, 0.2) is 41.4 Å². The topological polar surface area (TPSA) is 103 Å². The molecule has 2 fully saturated rings. The summed E-state index contributed by atoms with van der Waals surface area (Å²) < 4.78 is 13.2. The number of guanidine groups is 1. The van der Waals surface area contributed by atoms with Crippen LogP contribution in [0.5, 0.6) is 0 Å². The summed E-state index contributed by atoms with van der Waals surface area (Å²) in [6, 6.07) is 5.63. The molecule has 4 unspecified atom stereocenters. The molecule has 1 aromatic rings. The Morgan fingerprint density at radius 2 is 1.87 bits per heavy atom. The second-order valence-corrected chi connectivity index (χ2v) is 8.01. The zero-order valence-electron chi connectivity index (χ0n) is 17.3. The fourth-order valence-corrected chi connectivity index (χ4v) is 4.73. The minimum absolute atomic E-state index is 0.0786. The van der Waals surface area contributed by atoms with Gasteiger partial charge in [0, 0.05) is 25.3 Å². The minimum Gasteiger partial charge on any atom is -0.357 e. The van der Waals surface area contributed by atoms with Crippen molar-refractivity contribution in [3.05, 3.63) is 42.2 Å². The molecule has 3 aliphatic rings. The zero-order valence-corrected chi connectivity index (χ0v) is 17.3. The highest BCUT2D eigenvalue weighted by molar-refractivity contribution is 6.06. The molecule has 4 atom stereocenters. The van der Waals surface area contributed by atoms with Crippen molar-refractivity contribution in [3.63, 3.8) is 0 Å². The number of anilines is 1. The van der Waals surface area contributed by atoms with E-state index < -0.39 is 5.82 Å². The van der Waals surface area contributed by atoms with Crippen LogP contribution in [0.3, 0.4) is 0 Å². The molecule has 1 aliphatic heterocycles. The molecule has 0 spiro atoms. The van der Waals surface area contributed by atoms with E-state index in [-0.39, 0.29) is 54.5 Å². The van der Waals surface area contributed by atoms with Gasteiger partial charge in [0.1, 0.15) is 12.4 Å². The van der Waals surface area contributed by atoms with E-state index >= 15 is 0 Å². The van der Waals surface area contributed by atoms with Crippen molar-refractivity contribution >= 4 is 29.4 Å². The number of nitrogens with zero attached hydrogens (tertiary/aromatic N) is 2. The molecule has 1 saturated heterocycles. The first-order chi connectivity index (χ1) is 15.0. The number of allylic oxidation sites excluding steroid dienone is 2. The van der Waals surface area contributed by atoms with Crippen molar-refractivity contribution in [3.8, 4) is 0 Å². The summed E-state index contributed by atoms with van der Waals surface area (Å²) in [6.07, 6.45) is 5.06. The van der Waals surface area contributed by atoms with Crippen LogP contribution in [0.2, 0.25) is 0 Å². The molecule has 8 nitrogen and oxygen atoms in total. The zero-order chi connectivity index (χ0) is 22.0. The summed E-state index contributed by atoms with van der Waals surface area (Å²) >= 11 is 0. The summed E-state index contributed by atoms with van der Waals surface area (Å²) in [5, 5.41) is 8.67. The van der Waals surface area contributed by atoms with Gasteiger partial charge in [-0.1, -0.05) is 18.2 Å². The fraction of sp³-hybridized carbons (Fsp3) is 0.455. The van der Waals surface area contributed by atoms with Crippen molar-refractivity contribution in [1.29, 1.82) is 0 Å². The highest BCUT2D eigenvalue weighted by Crippen LogP contribution is 2.52. The van der Waals surface area contributed by atoms with Crippen LogP contribution in [-0.4, -0.2) is 54.8 Å². The van der Waals surface area contributed by atoms with Crippen LogP contribution < -0.4 is 16.0 Å². The van der Waals surface area contributed by atoms with Gasteiger partial charge in [0.2, 0.25) is 17.7 Å². The molecular weight excluding hydrogens is 401 g/mol. The fourth-order valence-electron chi connectivity index (χ4n) is 4.73. The van der Waals surface area contributed by atoms with E-state index in [2.05, 4.69) is 33.1 Å². The van der Waals surface area contributed by atoms with Gasteiger partial charge < -0.3 is 16.0 Å². The number of aliphatic imine (C=N–C) groups is 1. The maximum atomic E-state index is 13.2. The quantitative estimate of drug-likeness (QED) is 0.262. The SMILES string of the molecule is CCNC(=NCC(=O)Nc1cccc(F)c1)NCCN1C(=O)C2C3C=CC(C3)C2C1=O. The second kappa shape index (κ2) is 8.87. The average Bonchev–Trinajstić information content (AvgIpc) is 3.41. The van der Waals surface area contributed by atoms with Crippen LogP contribution in [-0.2, 0) is 14.4 Å². The van der Waals surface area contributed by atoms with Crippen LogP contribution in [0, 0.1) is 29.5 Å². The largest absolute Gasteiger partial charge is 0.357 e. The molecule has 1 heterocycles. The number of hydrogen-bond donors (Lipinski definition) is 3. The van der Waals surface area contributed by atoms with Crippen molar-refractivity contribution < 1.29 is 18.8 Å². The van der Waals surface area contributed by atoms with Gasteiger partial charge in [-0.2, -0.15) is 0 Å². The Morgan fingerprint density at radius 3 is 2.52 bits per heavy atom. The van der Waals surface area contributed by atoms with Crippen molar-refractivity contribution in [1.82, 2.24) is 15.5 Å². The third-order valence-electron chi connectivity index (χ3n) is 6.02. The lowest BCUT2D eigenvalue weighted by Crippen LogP contribution is -2.44. The van der Waals surface area contributed by atoms with Gasteiger partial charge in [0.05, 0.1) is 11.8 Å². The maximum Gasteiger partial charge on any atom is 0.246 e.